The quantitative estimate of drug-likeness (QED) is 0.549. The van der Waals surface area contributed by atoms with Crippen LogP contribution in [0.4, 0.5) is 5.95 Å². The van der Waals surface area contributed by atoms with Gasteiger partial charge >= 0.3 is 0 Å². The van der Waals surface area contributed by atoms with Crippen molar-refractivity contribution in [3.05, 3.63) is 59.1 Å². The number of carbonyl (C=O) groups excluding carboxylic acids is 1. The number of fused-ring (bicyclic) bond motifs is 1. The molecule has 0 spiro atoms. The number of allylic oxidation sites excluding steroid dienone is 2. The van der Waals surface area contributed by atoms with Crippen molar-refractivity contribution in [2.75, 3.05) is 33.8 Å². The molecule has 0 unspecified atom stereocenters. The number of hydrogen-bond donors (Lipinski definition) is 2. The summed E-state index contributed by atoms with van der Waals surface area (Å²) < 4.78 is 23.5. The van der Waals surface area contributed by atoms with Gasteiger partial charge in [-0.05, 0) is 47.7 Å². The van der Waals surface area contributed by atoms with Crippen molar-refractivity contribution in [3.63, 3.8) is 0 Å². The zero-order valence-corrected chi connectivity index (χ0v) is 19.9. The molecule has 0 saturated heterocycles. The first-order valence-electron chi connectivity index (χ1n) is 11.1. The number of ether oxygens (including phenoxy) is 4. The van der Waals surface area contributed by atoms with Gasteiger partial charge in [0.25, 0.3) is 0 Å². The third kappa shape index (κ3) is 3.71. The van der Waals surface area contributed by atoms with E-state index in [-0.39, 0.29) is 17.5 Å². The van der Waals surface area contributed by atoms with Gasteiger partial charge in [0, 0.05) is 17.7 Å². The average molecular weight is 479 g/mol. The molecule has 1 aromatic heterocycles. The highest BCUT2D eigenvalue weighted by Gasteiger charge is 2.40. The molecule has 2 heterocycles. The summed E-state index contributed by atoms with van der Waals surface area (Å²) >= 11 is 0. The van der Waals surface area contributed by atoms with E-state index in [1.54, 1.807) is 44.2 Å². The van der Waals surface area contributed by atoms with E-state index in [1.807, 2.05) is 12.1 Å². The predicted molar refractivity (Wildman–Crippen MR) is 127 cm³/mol. The molecule has 10 heteroatoms. The summed E-state index contributed by atoms with van der Waals surface area (Å²) in [6, 6.07) is 8.32. The summed E-state index contributed by atoms with van der Waals surface area (Å²) in [6.07, 6.45) is 2.33. The van der Waals surface area contributed by atoms with Crippen molar-refractivity contribution in [2.45, 2.75) is 24.8 Å². The number of benzene rings is 2. The number of ketones is 1. The van der Waals surface area contributed by atoms with E-state index in [9.17, 15) is 9.90 Å². The molecule has 0 amide bonds. The number of Topliss-reactive ketones (excluding diaryl/α,β-unsaturated/α-hetero) is 1. The van der Waals surface area contributed by atoms with Crippen molar-refractivity contribution in [1.29, 1.82) is 0 Å². The minimum atomic E-state index is -0.494. The highest BCUT2D eigenvalue weighted by molar-refractivity contribution is 6.00. The minimum Gasteiger partial charge on any atom is -0.504 e. The maximum Gasteiger partial charge on any atom is 0.226 e. The van der Waals surface area contributed by atoms with Crippen molar-refractivity contribution in [2.24, 2.45) is 0 Å². The van der Waals surface area contributed by atoms with Crippen molar-refractivity contribution in [3.8, 4) is 28.7 Å². The highest BCUT2D eigenvalue weighted by atomic mass is 16.5. The molecule has 0 radical (unpaired) electrons. The number of aromatic hydroxyl groups is 1. The van der Waals surface area contributed by atoms with Gasteiger partial charge in [0.15, 0.2) is 28.8 Å². The Kier molecular flexibility index (Phi) is 5.72. The molecule has 3 aromatic rings. The van der Waals surface area contributed by atoms with Gasteiger partial charge in [0.2, 0.25) is 11.7 Å². The number of methoxy groups -OCH3 is 4. The Labute approximate surface area is 202 Å². The Balaban J connectivity index is 1.58. The number of anilines is 1. The largest absolute Gasteiger partial charge is 0.504 e. The molecule has 1 aliphatic carbocycles. The zero-order valence-electron chi connectivity index (χ0n) is 19.9. The van der Waals surface area contributed by atoms with Crippen molar-refractivity contribution in [1.82, 2.24) is 14.8 Å². The van der Waals surface area contributed by atoms with E-state index < -0.39 is 6.04 Å². The normalized spacial score (nSPS) is 18.9. The molecule has 5 rings (SSSR count). The molecule has 2 aromatic carbocycles. The molecule has 0 fully saturated rings. The lowest BCUT2D eigenvalue weighted by molar-refractivity contribution is -0.116. The zero-order chi connectivity index (χ0) is 24.7. The fourth-order valence-corrected chi connectivity index (χ4v) is 4.90. The number of nitrogens with zero attached hydrogens (tertiary/aromatic N) is 3. The van der Waals surface area contributed by atoms with Crippen molar-refractivity contribution < 1.29 is 28.8 Å². The number of carbonyl (C=O) groups is 1. The van der Waals surface area contributed by atoms with Crippen LogP contribution in [-0.2, 0) is 4.79 Å². The second-order valence-electron chi connectivity index (χ2n) is 8.37. The van der Waals surface area contributed by atoms with Crippen LogP contribution in [0.5, 0.6) is 28.7 Å². The third-order valence-corrected chi connectivity index (χ3v) is 6.54. The lowest BCUT2D eigenvalue weighted by Crippen LogP contribution is -2.33. The summed E-state index contributed by atoms with van der Waals surface area (Å²) in [7, 11) is 6.18. The maximum absolute atomic E-state index is 13.7. The summed E-state index contributed by atoms with van der Waals surface area (Å²) in [5.74, 6) is 2.37. The second kappa shape index (κ2) is 8.86. The smallest absolute Gasteiger partial charge is 0.226 e. The number of rotatable bonds is 6. The molecule has 2 atom stereocenters. The van der Waals surface area contributed by atoms with Gasteiger partial charge < -0.3 is 29.4 Å². The number of phenols is 1. The topological polar surface area (TPSA) is 117 Å². The number of aromatic nitrogens is 3. The molecule has 1 aliphatic heterocycles. The fourth-order valence-electron chi connectivity index (χ4n) is 4.90. The lowest BCUT2D eigenvalue weighted by atomic mass is 9.77. The summed E-state index contributed by atoms with van der Waals surface area (Å²) in [4.78, 5) is 18.0. The molecule has 182 valence electrons. The first kappa shape index (κ1) is 22.6. The lowest BCUT2D eigenvalue weighted by Gasteiger charge is -2.35. The Morgan fingerprint density at radius 1 is 0.943 bits per heavy atom. The summed E-state index contributed by atoms with van der Waals surface area (Å²) in [6.45, 7) is 0. The van der Waals surface area contributed by atoms with Crippen LogP contribution < -0.4 is 24.3 Å². The summed E-state index contributed by atoms with van der Waals surface area (Å²) in [5, 5.41) is 17.8. The third-order valence-electron chi connectivity index (χ3n) is 6.54. The SMILES string of the molecule is COc1cc([C@@H]2C3=C(C[C@H](c4cc(OC)c(OC)c(OC)c4)CC3=O)Nc3ncnn32)ccc1O. The van der Waals surface area contributed by atoms with Crippen molar-refractivity contribution >= 4 is 11.7 Å². The monoisotopic (exact) mass is 478 g/mol. The van der Waals surface area contributed by atoms with E-state index in [2.05, 4.69) is 15.4 Å². The molecule has 2 aliphatic rings. The molecule has 0 saturated carbocycles. The van der Waals surface area contributed by atoms with Gasteiger partial charge in [0.05, 0.1) is 28.4 Å². The highest BCUT2D eigenvalue weighted by Crippen LogP contribution is 2.47. The number of nitrogens with one attached hydrogen (secondary N) is 1. The van der Waals surface area contributed by atoms with Gasteiger partial charge in [-0.2, -0.15) is 10.1 Å². The number of hydrogen-bond acceptors (Lipinski definition) is 9. The van der Waals surface area contributed by atoms with Gasteiger partial charge in [-0.25, -0.2) is 4.68 Å². The minimum absolute atomic E-state index is 0.00399. The van der Waals surface area contributed by atoms with Crippen LogP contribution in [0, 0.1) is 0 Å². The molecular weight excluding hydrogens is 452 g/mol. The molecule has 2 N–H and O–H groups in total. The Bertz CT molecular complexity index is 1310. The molecule has 0 bridgehead atoms. The van der Waals surface area contributed by atoms with E-state index in [0.29, 0.717) is 47.4 Å². The van der Waals surface area contributed by atoms with E-state index >= 15 is 0 Å². The fraction of sp³-hybridized carbons (Fsp3) is 0.320. The Morgan fingerprint density at radius 3 is 2.29 bits per heavy atom. The molecule has 10 nitrogen and oxygen atoms in total. The number of phenolic OH excluding ortho intramolecular Hbond substituents is 1. The Hall–Kier alpha value is -4.21. The van der Waals surface area contributed by atoms with Crippen LogP contribution in [-0.4, -0.2) is 54.1 Å². The van der Waals surface area contributed by atoms with Gasteiger partial charge in [-0.3, -0.25) is 4.79 Å². The van der Waals surface area contributed by atoms with E-state index in [4.69, 9.17) is 18.9 Å². The van der Waals surface area contributed by atoms with Gasteiger partial charge in [-0.1, -0.05) is 6.07 Å². The van der Waals surface area contributed by atoms with Gasteiger partial charge in [-0.15, -0.1) is 0 Å². The standard InChI is InChI=1S/C25H26N4O6/c1-32-19-9-13(5-6-17(19)30)23-22-16(28-25-26-12-27-29(23)25)7-14(8-18(22)31)15-10-20(33-2)24(35-4)21(11-15)34-3/h5-6,9-12,14,23,30H,7-8H2,1-4H3,(H,26,27,28)/t14-,23+/m0/s1. The average Bonchev–Trinajstić information content (AvgIpc) is 3.35. The van der Waals surface area contributed by atoms with Crippen LogP contribution in [0.25, 0.3) is 0 Å². The predicted octanol–water partition coefficient (Wildman–Crippen LogP) is 3.43. The van der Waals surface area contributed by atoms with Crippen LogP contribution >= 0.6 is 0 Å². The van der Waals surface area contributed by atoms with E-state index in [1.165, 1.54) is 13.4 Å². The van der Waals surface area contributed by atoms with Crippen LogP contribution in [0.15, 0.2) is 47.9 Å². The summed E-state index contributed by atoms with van der Waals surface area (Å²) in [5.41, 5.74) is 3.09. The first-order chi connectivity index (χ1) is 17.0. The van der Waals surface area contributed by atoms with Crippen LogP contribution in [0.2, 0.25) is 0 Å². The first-order valence-corrected chi connectivity index (χ1v) is 11.1. The Morgan fingerprint density at radius 2 is 1.63 bits per heavy atom. The second-order valence-corrected chi connectivity index (χ2v) is 8.37. The molecule has 35 heavy (non-hydrogen) atoms. The van der Waals surface area contributed by atoms with Crippen LogP contribution in [0.1, 0.15) is 35.9 Å². The maximum atomic E-state index is 13.7. The van der Waals surface area contributed by atoms with Gasteiger partial charge in [0.1, 0.15) is 12.4 Å². The molecular formula is C25H26N4O6. The van der Waals surface area contributed by atoms with E-state index in [0.717, 1.165) is 16.8 Å². The van der Waals surface area contributed by atoms with Crippen LogP contribution in [0.3, 0.4) is 0 Å².